The van der Waals surface area contributed by atoms with Crippen LogP contribution >= 0.6 is 0 Å². The number of hydrogen-bond donors (Lipinski definition) is 2. The maximum Gasteiger partial charge on any atom is 0.335 e. The van der Waals surface area contributed by atoms with Gasteiger partial charge in [-0.15, -0.1) is 0 Å². The van der Waals surface area contributed by atoms with Crippen molar-refractivity contribution in [1.82, 2.24) is 0 Å². The molecular formula is C19H23NO4S. The number of carbonyl (C=O) groups is 1. The van der Waals surface area contributed by atoms with Gasteiger partial charge in [0.15, 0.2) is 0 Å². The summed E-state index contributed by atoms with van der Waals surface area (Å²) >= 11 is 0. The Morgan fingerprint density at radius 1 is 1.08 bits per heavy atom. The van der Waals surface area contributed by atoms with E-state index >= 15 is 0 Å². The molecule has 2 aromatic carbocycles. The summed E-state index contributed by atoms with van der Waals surface area (Å²) in [4.78, 5) is 11.3. The Morgan fingerprint density at radius 3 is 2.56 bits per heavy atom. The van der Waals surface area contributed by atoms with E-state index in [-0.39, 0.29) is 5.75 Å². The van der Waals surface area contributed by atoms with Gasteiger partial charge in [-0.1, -0.05) is 43.7 Å². The van der Waals surface area contributed by atoms with Gasteiger partial charge in [0, 0.05) is 5.69 Å². The monoisotopic (exact) mass is 361 g/mol. The lowest BCUT2D eigenvalue weighted by Crippen LogP contribution is -2.16. The van der Waals surface area contributed by atoms with Crippen LogP contribution in [-0.4, -0.2) is 25.2 Å². The average Bonchev–Trinajstić information content (AvgIpc) is 2.58. The van der Waals surface area contributed by atoms with Crippen LogP contribution in [0.3, 0.4) is 0 Å². The minimum absolute atomic E-state index is 0.111. The number of unbranched alkanes of at least 4 members (excludes halogenated alkanes) is 1. The molecule has 0 heterocycles. The molecule has 0 atom stereocenters. The highest BCUT2D eigenvalue weighted by Crippen LogP contribution is 2.17. The van der Waals surface area contributed by atoms with E-state index in [9.17, 15) is 18.3 Å². The van der Waals surface area contributed by atoms with Crippen molar-refractivity contribution < 1.29 is 18.3 Å². The third-order valence-corrected chi connectivity index (χ3v) is 5.27. The highest BCUT2D eigenvalue weighted by molar-refractivity contribution is 7.92. The molecule has 0 unspecified atom stereocenters. The lowest BCUT2D eigenvalue weighted by molar-refractivity contribution is 0.0695. The van der Waals surface area contributed by atoms with Gasteiger partial charge in [0.05, 0.1) is 11.3 Å². The van der Waals surface area contributed by atoms with Crippen LogP contribution in [0.2, 0.25) is 0 Å². The van der Waals surface area contributed by atoms with Crippen LogP contribution in [0.15, 0.2) is 48.5 Å². The number of nitrogens with one attached hydrogen (secondary N) is 1. The first-order chi connectivity index (χ1) is 11.9. The Kier molecular flexibility index (Phi) is 6.58. The average molecular weight is 361 g/mol. The number of benzene rings is 2. The molecule has 0 amide bonds. The topological polar surface area (TPSA) is 83.5 Å². The van der Waals surface area contributed by atoms with Crippen molar-refractivity contribution in [1.29, 1.82) is 0 Å². The third kappa shape index (κ3) is 5.90. The Hall–Kier alpha value is -2.34. The third-order valence-electron chi connectivity index (χ3n) is 3.90. The Bertz CT molecular complexity index is 831. The van der Waals surface area contributed by atoms with Crippen molar-refractivity contribution in [3.63, 3.8) is 0 Å². The largest absolute Gasteiger partial charge is 0.478 e. The molecule has 0 spiro atoms. The second-order valence-electron chi connectivity index (χ2n) is 5.94. The first-order valence-electron chi connectivity index (χ1n) is 8.32. The fraction of sp³-hybridized carbons (Fsp3) is 0.316. The zero-order valence-electron chi connectivity index (χ0n) is 14.2. The Labute approximate surface area is 148 Å². The van der Waals surface area contributed by atoms with Crippen molar-refractivity contribution in [2.75, 3.05) is 10.5 Å². The van der Waals surface area contributed by atoms with Crippen LogP contribution in [0, 0.1) is 0 Å². The highest BCUT2D eigenvalue weighted by Gasteiger charge is 2.11. The van der Waals surface area contributed by atoms with E-state index in [1.54, 1.807) is 36.4 Å². The second-order valence-corrected chi connectivity index (χ2v) is 7.78. The van der Waals surface area contributed by atoms with Gasteiger partial charge in [-0.2, -0.15) is 0 Å². The van der Waals surface area contributed by atoms with Crippen LogP contribution in [0.5, 0.6) is 0 Å². The lowest BCUT2D eigenvalue weighted by atomic mass is 10.00. The van der Waals surface area contributed by atoms with E-state index in [1.165, 1.54) is 0 Å². The standard InChI is InChI=1S/C19H23NO4S/c1-2-3-13-25(23,24)20-17-9-6-7-15(14-17)11-12-16-8-4-5-10-18(16)19(21)22/h4-10,14,20H,2-3,11-13H2,1H3,(H,21,22). The summed E-state index contributed by atoms with van der Waals surface area (Å²) in [5, 5.41) is 9.23. The Balaban J connectivity index is 2.06. The number of hydrogen-bond acceptors (Lipinski definition) is 3. The van der Waals surface area contributed by atoms with E-state index in [1.807, 2.05) is 19.1 Å². The first kappa shape index (κ1) is 19.0. The molecule has 134 valence electrons. The first-order valence-corrected chi connectivity index (χ1v) is 9.97. The maximum absolute atomic E-state index is 12.0. The van der Waals surface area contributed by atoms with Gasteiger partial charge in [0.2, 0.25) is 10.0 Å². The zero-order valence-corrected chi connectivity index (χ0v) is 15.1. The van der Waals surface area contributed by atoms with Gasteiger partial charge < -0.3 is 5.11 Å². The van der Waals surface area contributed by atoms with Crippen molar-refractivity contribution in [2.45, 2.75) is 32.6 Å². The minimum Gasteiger partial charge on any atom is -0.478 e. The molecule has 2 N–H and O–H groups in total. The molecule has 5 nitrogen and oxygen atoms in total. The van der Waals surface area contributed by atoms with E-state index in [0.29, 0.717) is 30.5 Å². The number of anilines is 1. The SMILES string of the molecule is CCCCS(=O)(=O)Nc1cccc(CCc2ccccc2C(=O)O)c1. The molecule has 2 aromatic rings. The van der Waals surface area contributed by atoms with Gasteiger partial charge in [0.1, 0.15) is 0 Å². The molecule has 0 radical (unpaired) electrons. The highest BCUT2D eigenvalue weighted by atomic mass is 32.2. The Morgan fingerprint density at radius 2 is 1.84 bits per heavy atom. The van der Waals surface area contributed by atoms with Crippen LogP contribution in [0.25, 0.3) is 0 Å². The smallest absolute Gasteiger partial charge is 0.335 e. The molecule has 25 heavy (non-hydrogen) atoms. The van der Waals surface area contributed by atoms with E-state index in [4.69, 9.17) is 0 Å². The molecule has 6 heteroatoms. The molecule has 0 aromatic heterocycles. The number of rotatable bonds is 9. The molecular weight excluding hydrogens is 338 g/mol. The maximum atomic E-state index is 12.0. The normalized spacial score (nSPS) is 11.2. The molecule has 0 aliphatic carbocycles. The van der Waals surface area contributed by atoms with Crippen molar-refractivity contribution in [3.05, 3.63) is 65.2 Å². The predicted molar refractivity (Wildman–Crippen MR) is 99.6 cm³/mol. The molecule has 0 saturated heterocycles. The lowest BCUT2D eigenvalue weighted by Gasteiger charge is -2.10. The number of carboxylic acid groups (broad SMARTS) is 1. The fourth-order valence-corrected chi connectivity index (χ4v) is 3.84. The predicted octanol–water partition coefficient (Wildman–Crippen LogP) is 3.71. The van der Waals surface area contributed by atoms with Gasteiger partial charge in [-0.25, -0.2) is 13.2 Å². The van der Waals surface area contributed by atoms with Crippen LogP contribution in [-0.2, 0) is 22.9 Å². The van der Waals surface area contributed by atoms with Crippen molar-refractivity contribution in [2.24, 2.45) is 0 Å². The summed E-state index contributed by atoms with van der Waals surface area (Å²) in [6, 6.07) is 14.2. The van der Waals surface area contributed by atoms with Gasteiger partial charge in [-0.05, 0) is 48.6 Å². The fourth-order valence-electron chi connectivity index (χ4n) is 2.58. The van der Waals surface area contributed by atoms with Crippen molar-refractivity contribution in [3.8, 4) is 0 Å². The van der Waals surface area contributed by atoms with Crippen LogP contribution in [0.1, 0.15) is 41.3 Å². The second kappa shape index (κ2) is 8.67. The summed E-state index contributed by atoms with van der Waals surface area (Å²) in [6.07, 6.45) is 2.66. The summed E-state index contributed by atoms with van der Waals surface area (Å²) in [7, 11) is -3.33. The number of carboxylic acids is 1. The molecule has 0 fully saturated rings. The number of sulfonamides is 1. The van der Waals surface area contributed by atoms with E-state index in [0.717, 1.165) is 17.5 Å². The summed E-state index contributed by atoms with van der Waals surface area (Å²) in [5.74, 6) is -0.826. The van der Waals surface area contributed by atoms with Gasteiger partial charge in [-0.3, -0.25) is 4.72 Å². The quantitative estimate of drug-likeness (QED) is 0.713. The summed E-state index contributed by atoms with van der Waals surface area (Å²) < 4.78 is 26.6. The number of aryl methyl sites for hydroxylation is 2. The minimum atomic E-state index is -3.33. The van der Waals surface area contributed by atoms with E-state index < -0.39 is 16.0 Å². The van der Waals surface area contributed by atoms with Crippen LogP contribution in [0.4, 0.5) is 5.69 Å². The molecule has 0 saturated carbocycles. The van der Waals surface area contributed by atoms with Gasteiger partial charge in [0.25, 0.3) is 0 Å². The summed E-state index contributed by atoms with van der Waals surface area (Å²) in [6.45, 7) is 1.95. The molecule has 0 aliphatic rings. The molecule has 0 bridgehead atoms. The zero-order chi connectivity index (χ0) is 18.3. The molecule has 2 rings (SSSR count). The van der Waals surface area contributed by atoms with E-state index in [2.05, 4.69) is 4.72 Å². The van der Waals surface area contributed by atoms with Gasteiger partial charge >= 0.3 is 5.97 Å². The van der Waals surface area contributed by atoms with Crippen molar-refractivity contribution >= 4 is 21.7 Å². The molecule has 0 aliphatic heterocycles. The summed E-state index contributed by atoms with van der Waals surface area (Å²) in [5.41, 5.74) is 2.57. The number of aromatic carboxylic acids is 1. The van der Waals surface area contributed by atoms with Crippen LogP contribution < -0.4 is 4.72 Å².